The molecule has 9 heteroatoms. The van der Waals surface area contributed by atoms with Crippen LogP contribution in [0, 0.1) is 0 Å². The Kier molecular flexibility index (Phi) is 10.6. The van der Waals surface area contributed by atoms with Crippen LogP contribution in [0.3, 0.4) is 0 Å². The van der Waals surface area contributed by atoms with Crippen molar-refractivity contribution in [3.8, 4) is 0 Å². The van der Waals surface area contributed by atoms with E-state index in [1.165, 1.54) is 0 Å². The van der Waals surface area contributed by atoms with E-state index in [9.17, 15) is 5.11 Å². The molecular weight excluding hydrogens is 274 g/mol. The smallest absolute Gasteiger partial charge is 0.395 e. The summed E-state index contributed by atoms with van der Waals surface area (Å²) in [6.07, 6.45) is -0.447. The van der Waals surface area contributed by atoms with E-state index in [0.29, 0.717) is 19.5 Å². The maximum absolute atomic E-state index is 9.66. The van der Waals surface area contributed by atoms with Crippen LogP contribution in [0.15, 0.2) is 0 Å². The molecule has 8 nitrogen and oxygen atoms in total. The molecule has 0 radical (unpaired) electrons. The monoisotopic (exact) mass is 299 g/mol. The number of hydrogen-bond acceptors (Lipinski definition) is 8. The number of aliphatic hydroxyl groups excluding tert-OH is 3. The molecule has 0 aliphatic rings. The summed E-state index contributed by atoms with van der Waals surface area (Å²) in [5.74, 6) is 0. The van der Waals surface area contributed by atoms with Gasteiger partial charge in [0.25, 0.3) is 0 Å². The highest BCUT2D eigenvalue weighted by Crippen LogP contribution is 2.02. The van der Waals surface area contributed by atoms with Gasteiger partial charge in [-0.25, -0.2) is 0 Å². The summed E-state index contributed by atoms with van der Waals surface area (Å²) in [6.45, 7) is 1.20. The van der Waals surface area contributed by atoms with Crippen LogP contribution in [-0.4, -0.2) is 95.6 Å². The van der Waals surface area contributed by atoms with E-state index in [1.54, 1.807) is 4.90 Å². The summed E-state index contributed by atoms with van der Waals surface area (Å²) in [7, 11) is -3.99. The zero-order chi connectivity index (χ0) is 14.7. The number of nitrogens with zero attached hydrogens (tertiary/aromatic N) is 1. The van der Waals surface area contributed by atoms with Crippen LogP contribution >= 0.6 is 0 Å². The van der Waals surface area contributed by atoms with Gasteiger partial charge in [0.2, 0.25) is 0 Å². The molecule has 0 heterocycles. The van der Waals surface area contributed by atoms with Gasteiger partial charge >= 0.3 is 8.80 Å². The van der Waals surface area contributed by atoms with Crippen LogP contribution < -0.4 is 0 Å². The third kappa shape index (κ3) is 12.7. The normalized spacial score (nSPS) is 14.1. The molecule has 19 heavy (non-hydrogen) atoms. The second-order valence-electron chi connectivity index (χ2n) is 4.35. The third-order valence-corrected chi connectivity index (χ3v) is 3.44. The minimum absolute atomic E-state index is 0.0518. The van der Waals surface area contributed by atoms with Crippen molar-refractivity contribution < 1.29 is 34.4 Å². The van der Waals surface area contributed by atoms with Crippen molar-refractivity contribution in [1.29, 1.82) is 0 Å². The SMILES string of the molecule is OCCN(CCO)CC(O)COCCC[Si](O)(O)O. The average molecular weight is 299 g/mol. The van der Waals surface area contributed by atoms with E-state index >= 15 is 0 Å². The van der Waals surface area contributed by atoms with E-state index < -0.39 is 14.9 Å². The minimum atomic E-state index is -3.99. The second kappa shape index (κ2) is 10.7. The summed E-state index contributed by atoms with van der Waals surface area (Å²) in [6, 6.07) is -0.0930. The van der Waals surface area contributed by atoms with Gasteiger partial charge in [0.05, 0.1) is 25.9 Å². The van der Waals surface area contributed by atoms with Gasteiger partial charge in [0.1, 0.15) is 0 Å². The zero-order valence-corrected chi connectivity index (χ0v) is 12.0. The highest BCUT2D eigenvalue weighted by molar-refractivity contribution is 6.56. The second-order valence-corrected chi connectivity index (χ2v) is 6.40. The largest absolute Gasteiger partial charge is 0.492 e. The molecule has 1 unspecified atom stereocenters. The van der Waals surface area contributed by atoms with Crippen molar-refractivity contribution in [1.82, 2.24) is 4.90 Å². The Morgan fingerprint density at radius 1 is 1.05 bits per heavy atom. The van der Waals surface area contributed by atoms with E-state index in [1.807, 2.05) is 0 Å². The fraction of sp³-hybridized carbons (Fsp3) is 1.00. The maximum Gasteiger partial charge on any atom is 0.492 e. The van der Waals surface area contributed by atoms with Gasteiger partial charge in [-0.2, -0.15) is 0 Å². The van der Waals surface area contributed by atoms with Crippen LogP contribution in [0.1, 0.15) is 6.42 Å². The van der Waals surface area contributed by atoms with Gasteiger partial charge in [-0.15, -0.1) is 0 Å². The Balaban J connectivity index is 3.64. The first-order valence-corrected chi connectivity index (χ1v) is 8.31. The van der Waals surface area contributed by atoms with Crippen molar-refractivity contribution in [2.75, 3.05) is 46.1 Å². The predicted molar refractivity (Wildman–Crippen MR) is 69.3 cm³/mol. The van der Waals surface area contributed by atoms with E-state index in [0.717, 1.165) is 0 Å². The molecule has 0 amide bonds. The molecule has 0 spiro atoms. The Hall–Kier alpha value is -0.103. The summed E-state index contributed by atoms with van der Waals surface area (Å²) in [5, 5.41) is 27.3. The maximum atomic E-state index is 9.66. The first-order chi connectivity index (χ1) is 8.89. The molecule has 0 fully saturated rings. The molecule has 0 aliphatic carbocycles. The molecule has 0 saturated heterocycles. The number of hydrogen-bond donors (Lipinski definition) is 6. The average Bonchev–Trinajstić information content (AvgIpc) is 2.27. The molecule has 0 aromatic rings. The number of ether oxygens (including phenoxy) is 1. The van der Waals surface area contributed by atoms with Gasteiger partial charge in [0.15, 0.2) is 0 Å². The molecule has 0 saturated carbocycles. The van der Waals surface area contributed by atoms with Crippen molar-refractivity contribution in [2.45, 2.75) is 18.6 Å². The number of rotatable bonds is 12. The minimum Gasteiger partial charge on any atom is -0.395 e. The highest BCUT2D eigenvalue weighted by atomic mass is 28.4. The van der Waals surface area contributed by atoms with Crippen molar-refractivity contribution in [3.05, 3.63) is 0 Å². The molecule has 0 aliphatic heterocycles. The van der Waals surface area contributed by atoms with Crippen LogP contribution in [0.2, 0.25) is 6.04 Å². The first kappa shape index (κ1) is 18.9. The molecule has 0 bridgehead atoms. The highest BCUT2D eigenvalue weighted by Gasteiger charge is 2.25. The lowest BCUT2D eigenvalue weighted by molar-refractivity contribution is 0.0110. The van der Waals surface area contributed by atoms with Crippen molar-refractivity contribution in [2.24, 2.45) is 0 Å². The quantitative estimate of drug-likeness (QED) is 0.165. The fourth-order valence-corrected chi connectivity index (χ4v) is 2.18. The van der Waals surface area contributed by atoms with Gasteiger partial charge in [-0.05, 0) is 6.42 Å². The van der Waals surface area contributed by atoms with Crippen molar-refractivity contribution in [3.63, 3.8) is 0 Å². The van der Waals surface area contributed by atoms with E-state index in [2.05, 4.69) is 0 Å². The summed E-state index contributed by atoms with van der Waals surface area (Å²) >= 11 is 0. The van der Waals surface area contributed by atoms with Crippen LogP contribution in [-0.2, 0) is 4.74 Å². The number of aliphatic hydroxyl groups is 3. The fourth-order valence-electron chi connectivity index (χ4n) is 1.56. The van der Waals surface area contributed by atoms with Gasteiger partial charge in [-0.3, -0.25) is 4.90 Å². The van der Waals surface area contributed by atoms with Crippen LogP contribution in [0.25, 0.3) is 0 Å². The molecular formula is C10H25NO7Si. The van der Waals surface area contributed by atoms with Gasteiger partial charge < -0.3 is 34.4 Å². The summed E-state index contributed by atoms with van der Waals surface area (Å²) < 4.78 is 5.14. The topological polar surface area (TPSA) is 134 Å². The molecule has 0 rings (SSSR count). The van der Waals surface area contributed by atoms with Crippen LogP contribution in [0.4, 0.5) is 0 Å². The molecule has 1 atom stereocenters. The molecule has 0 aromatic carbocycles. The third-order valence-electron chi connectivity index (χ3n) is 2.41. The van der Waals surface area contributed by atoms with E-state index in [-0.39, 0.29) is 39.0 Å². The Morgan fingerprint density at radius 2 is 1.63 bits per heavy atom. The summed E-state index contributed by atoms with van der Waals surface area (Å²) in [5.41, 5.74) is 0. The molecule has 0 aromatic heterocycles. The molecule has 6 N–H and O–H groups in total. The van der Waals surface area contributed by atoms with E-state index in [4.69, 9.17) is 29.3 Å². The van der Waals surface area contributed by atoms with Crippen LogP contribution in [0.5, 0.6) is 0 Å². The lowest BCUT2D eigenvalue weighted by atomic mass is 10.3. The molecule has 116 valence electrons. The standard InChI is InChI=1S/C10H25NO7Si/c12-4-2-11(3-5-13)8-10(14)9-18-6-1-7-19(15,16)17/h10,12-17H,1-9H2. The Morgan fingerprint density at radius 3 is 2.11 bits per heavy atom. The van der Waals surface area contributed by atoms with Crippen molar-refractivity contribution >= 4 is 8.80 Å². The predicted octanol–water partition coefficient (Wildman–Crippen LogP) is -3.04. The zero-order valence-electron chi connectivity index (χ0n) is 11.0. The van der Waals surface area contributed by atoms with Gasteiger partial charge in [0, 0.05) is 32.3 Å². The Bertz CT molecular complexity index is 209. The Labute approximate surface area is 113 Å². The lowest BCUT2D eigenvalue weighted by Crippen LogP contribution is -2.38. The first-order valence-electron chi connectivity index (χ1n) is 6.26. The lowest BCUT2D eigenvalue weighted by Gasteiger charge is -2.23. The summed E-state index contributed by atoms with van der Waals surface area (Å²) in [4.78, 5) is 28.0. The van der Waals surface area contributed by atoms with Gasteiger partial charge in [-0.1, -0.05) is 0 Å².